The molecule has 180 valence electrons. The van der Waals surface area contributed by atoms with Crippen LogP contribution in [0.15, 0.2) is 34.9 Å². The number of benzene rings is 2. The fraction of sp³-hybridized carbons (Fsp3) is 0.360. The van der Waals surface area contributed by atoms with Crippen LogP contribution < -0.4 is 4.74 Å². The summed E-state index contributed by atoms with van der Waals surface area (Å²) in [5, 5.41) is 14.9. The first-order chi connectivity index (χ1) is 16.0. The van der Waals surface area contributed by atoms with Gasteiger partial charge in [0.25, 0.3) is 0 Å². The van der Waals surface area contributed by atoms with Gasteiger partial charge in [-0.3, -0.25) is 0 Å². The van der Waals surface area contributed by atoms with Crippen molar-refractivity contribution in [2.24, 2.45) is 0 Å². The number of carboxylic acids is 1. The Morgan fingerprint density at radius 2 is 1.88 bits per heavy atom. The minimum atomic E-state index is -4.38. The molecule has 0 radical (unpaired) electrons. The van der Waals surface area contributed by atoms with Gasteiger partial charge >= 0.3 is 12.1 Å². The number of ether oxygens (including phenoxy) is 1. The molecule has 1 N–H and O–H groups in total. The lowest BCUT2D eigenvalue weighted by Crippen LogP contribution is -2.23. The number of thiophene rings is 1. The maximum atomic E-state index is 13.2. The van der Waals surface area contributed by atoms with Crippen molar-refractivity contribution in [2.75, 3.05) is 0 Å². The number of aromatic nitrogens is 1. The van der Waals surface area contributed by atoms with Crippen LogP contribution in [-0.4, -0.2) is 22.3 Å². The van der Waals surface area contributed by atoms with Gasteiger partial charge in [0, 0.05) is 21.0 Å². The molecule has 0 aliphatic carbocycles. The predicted octanol–water partition coefficient (Wildman–Crippen LogP) is 7.13. The molecular formula is C25H24F3NO4S. The quantitative estimate of drug-likeness (QED) is 0.298. The Hall–Kier alpha value is -3.07. The Kier molecular flexibility index (Phi) is 6.33. The first-order valence-corrected chi connectivity index (χ1v) is 11.7. The van der Waals surface area contributed by atoms with Crippen LogP contribution in [0.5, 0.6) is 5.75 Å². The number of aliphatic carboxylic acids is 1. The molecule has 2 aromatic carbocycles. The minimum Gasteiger partial charge on any atom is -0.479 e. The van der Waals surface area contributed by atoms with Gasteiger partial charge in [0.1, 0.15) is 5.75 Å². The summed E-state index contributed by atoms with van der Waals surface area (Å²) in [5.41, 5.74) is 2.41. The van der Waals surface area contributed by atoms with E-state index >= 15 is 0 Å². The highest BCUT2D eigenvalue weighted by Crippen LogP contribution is 2.40. The number of hydrogen-bond donors (Lipinski definition) is 1. The van der Waals surface area contributed by atoms with Gasteiger partial charge in [-0.1, -0.05) is 25.1 Å². The molecule has 2 heterocycles. The summed E-state index contributed by atoms with van der Waals surface area (Å²) < 4.78 is 51.1. The maximum Gasteiger partial charge on any atom is 0.416 e. The van der Waals surface area contributed by atoms with Crippen molar-refractivity contribution in [1.29, 1.82) is 0 Å². The summed E-state index contributed by atoms with van der Waals surface area (Å²) in [6, 6.07) is 7.43. The normalized spacial score (nSPS) is 13.2. The van der Waals surface area contributed by atoms with Crippen LogP contribution >= 0.6 is 11.3 Å². The van der Waals surface area contributed by atoms with Crippen LogP contribution in [0.1, 0.15) is 54.0 Å². The number of carbonyl (C=O) groups is 1. The number of hydrogen-bond acceptors (Lipinski definition) is 5. The van der Waals surface area contributed by atoms with Gasteiger partial charge in [-0.2, -0.15) is 13.2 Å². The van der Waals surface area contributed by atoms with E-state index in [1.807, 2.05) is 26.8 Å². The highest BCUT2D eigenvalue weighted by Gasteiger charge is 2.31. The first kappa shape index (κ1) is 24.1. The van der Waals surface area contributed by atoms with Crippen molar-refractivity contribution < 1.29 is 32.3 Å². The second kappa shape index (κ2) is 8.94. The van der Waals surface area contributed by atoms with E-state index in [0.717, 1.165) is 38.5 Å². The smallest absolute Gasteiger partial charge is 0.416 e. The third-order valence-corrected chi connectivity index (χ3v) is 7.02. The van der Waals surface area contributed by atoms with Crippen molar-refractivity contribution in [2.45, 2.75) is 58.7 Å². The fourth-order valence-electron chi connectivity index (χ4n) is 4.07. The lowest BCUT2D eigenvalue weighted by Gasteiger charge is -2.12. The largest absolute Gasteiger partial charge is 0.479 e. The molecule has 2 aromatic heterocycles. The topological polar surface area (TPSA) is 72.6 Å². The maximum absolute atomic E-state index is 13.2. The van der Waals surface area contributed by atoms with E-state index < -0.39 is 23.8 Å². The van der Waals surface area contributed by atoms with Crippen molar-refractivity contribution in [1.82, 2.24) is 5.16 Å². The van der Waals surface area contributed by atoms with E-state index in [-0.39, 0.29) is 5.92 Å². The second-order valence-electron chi connectivity index (χ2n) is 8.64. The molecule has 0 aliphatic heterocycles. The summed E-state index contributed by atoms with van der Waals surface area (Å²) in [6.45, 7) is 7.35. The lowest BCUT2D eigenvalue weighted by molar-refractivity contribution is -0.144. The van der Waals surface area contributed by atoms with Crippen LogP contribution in [0.2, 0.25) is 0 Å². The van der Waals surface area contributed by atoms with Crippen molar-refractivity contribution in [3.63, 3.8) is 0 Å². The van der Waals surface area contributed by atoms with Crippen LogP contribution in [0.3, 0.4) is 0 Å². The van der Waals surface area contributed by atoms with Gasteiger partial charge in [0.05, 0.1) is 11.3 Å². The Morgan fingerprint density at radius 1 is 1.15 bits per heavy atom. The summed E-state index contributed by atoms with van der Waals surface area (Å²) in [5.74, 6) is -0.491. The van der Waals surface area contributed by atoms with E-state index in [4.69, 9.17) is 14.4 Å². The Labute approximate surface area is 198 Å². The molecule has 34 heavy (non-hydrogen) atoms. The van der Waals surface area contributed by atoms with Crippen LogP contribution in [0.25, 0.3) is 21.1 Å². The van der Waals surface area contributed by atoms with Gasteiger partial charge in [0.2, 0.25) is 0 Å². The molecule has 0 spiro atoms. The lowest BCUT2D eigenvalue weighted by atomic mass is 9.96. The average molecular weight is 492 g/mol. The highest BCUT2D eigenvalue weighted by atomic mass is 32.1. The van der Waals surface area contributed by atoms with Gasteiger partial charge in [-0.15, -0.1) is 11.3 Å². The SMILES string of the molecule is Cc1cc2c(CCc3sc4cc(C(F)(F)F)ccc4c3C(C)C)noc2cc1OC(C)C(=O)O. The van der Waals surface area contributed by atoms with Gasteiger partial charge in [-0.05, 0) is 67.3 Å². The zero-order chi connectivity index (χ0) is 24.8. The molecular weight excluding hydrogens is 467 g/mol. The third kappa shape index (κ3) is 4.61. The Bertz CT molecular complexity index is 1370. The molecule has 0 saturated heterocycles. The number of rotatable bonds is 7. The molecule has 9 heteroatoms. The predicted molar refractivity (Wildman–Crippen MR) is 125 cm³/mol. The number of carboxylic acid groups (broad SMARTS) is 1. The molecule has 0 aliphatic rings. The second-order valence-corrected chi connectivity index (χ2v) is 9.78. The van der Waals surface area contributed by atoms with Gasteiger partial charge in [0.15, 0.2) is 11.7 Å². The number of aryl methyl sites for hydroxylation is 3. The molecule has 5 nitrogen and oxygen atoms in total. The summed E-state index contributed by atoms with van der Waals surface area (Å²) >= 11 is 1.39. The van der Waals surface area contributed by atoms with Crippen LogP contribution in [0.4, 0.5) is 13.2 Å². The van der Waals surface area contributed by atoms with E-state index in [2.05, 4.69) is 5.16 Å². The first-order valence-electron chi connectivity index (χ1n) is 10.9. The number of fused-ring (bicyclic) bond motifs is 2. The molecule has 4 aromatic rings. The third-order valence-electron chi connectivity index (χ3n) is 5.79. The fourth-order valence-corrected chi connectivity index (χ4v) is 5.47. The number of halogens is 3. The summed E-state index contributed by atoms with van der Waals surface area (Å²) in [4.78, 5) is 12.1. The zero-order valence-corrected chi connectivity index (χ0v) is 19.9. The van der Waals surface area contributed by atoms with Gasteiger partial charge < -0.3 is 14.4 Å². The molecule has 4 rings (SSSR count). The van der Waals surface area contributed by atoms with E-state index in [1.165, 1.54) is 24.3 Å². The van der Waals surface area contributed by atoms with Crippen LogP contribution in [0, 0.1) is 6.92 Å². The van der Waals surface area contributed by atoms with E-state index in [0.29, 0.717) is 28.9 Å². The Morgan fingerprint density at radius 3 is 2.53 bits per heavy atom. The summed E-state index contributed by atoms with van der Waals surface area (Å²) in [6.07, 6.45) is -4.21. The molecule has 0 fully saturated rings. The van der Waals surface area contributed by atoms with Crippen LogP contribution in [-0.2, 0) is 23.8 Å². The number of alkyl halides is 3. The highest BCUT2D eigenvalue weighted by molar-refractivity contribution is 7.19. The number of nitrogens with zero attached hydrogens (tertiary/aromatic N) is 1. The summed E-state index contributed by atoms with van der Waals surface area (Å²) in [7, 11) is 0. The average Bonchev–Trinajstić information content (AvgIpc) is 3.31. The van der Waals surface area contributed by atoms with E-state index in [1.54, 1.807) is 12.1 Å². The standard InChI is InChI=1S/C25H24F3NO4S/c1-12(2)23-16-6-5-15(25(26,27)28)10-22(16)34-21(23)8-7-18-17-9-13(3)19(11-20(17)33-29-18)32-14(4)24(30)31/h5-6,9-12,14H,7-8H2,1-4H3,(H,30,31). The molecule has 0 amide bonds. The zero-order valence-electron chi connectivity index (χ0n) is 19.1. The van der Waals surface area contributed by atoms with Crippen molar-refractivity contribution in [3.05, 3.63) is 57.6 Å². The molecule has 0 saturated carbocycles. The van der Waals surface area contributed by atoms with E-state index in [9.17, 15) is 18.0 Å². The molecule has 1 unspecified atom stereocenters. The molecule has 1 atom stereocenters. The Balaban J connectivity index is 1.63. The van der Waals surface area contributed by atoms with Crippen molar-refractivity contribution in [3.8, 4) is 5.75 Å². The monoisotopic (exact) mass is 491 g/mol. The van der Waals surface area contributed by atoms with Gasteiger partial charge in [-0.25, -0.2) is 4.79 Å². The minimum absolute atomic E-state index is 0.160. The van der Waals surface area contributed by atoms with Crippen molar-refractivity contribution >= 4 is 38.4 Å². The molecule has 0 bridgehead atoms.